The van der Waals surface area contributed by atoms with Gasteiger partial charge < -0.3 is 5.32 Å². The van der Waals surface area contributed by atoms with Crippen molar-refractivity contribution >= 4 is 22.1 Å². The Kier molecular flexibility index (Phi) is 3.99. The van der Waals surface area contributed by atoms with E-state index in [4.69, 9.17) is 0 Å². The first-order chi connectivity index (χ1) is 11.4. The molecule has 0 saturated heterocycles. The summed E-state index contributed by atoms with van der Waals surface area (Å²) in [7, 11) is 6.35. The van der Waals surface area contributed by atoms with E-state index in [-0.39, 0.29) is 11.1 Å². The zero-order valence-corrected chi connectivity index (χ0v) is 14.0. The van der Waals surface area contributed by atoms with Gasteiger partial charge >= 0.3 is 0 Å². The third-order valence-electron chi connectivity index (χ3n) is 4.02. The molecular formula is C18H21N4O2+. The summed E-state index contributed by atoms with van der Waals surface area (Å²) in [5.41, 5.74) is 2.35. The molecular weight excluding hydrogens is 304 g/mol. The minimum absolute atomic E-state index is 0.305. The molecule has 3 aromatic rings. The predicted molar refractivity (Wildman–Crippen MR) is 98.5 cm³/mol. The van der Waals surface area contributed by atoms with Crippen molar-refractivity contribution in [1.82, 2.24) is 14.7 Å². The molecule has 0 saturated carbocycles. The number of anilines is 1. The topological polar surface area (TPSA) is 77.8 Å². The van der Waals surface area contributed by atoms with Crippen molar-refractivity contribution in [2.45, 2.75) is 6.54 Å². The van der Waals surface area contributed by atoms with Crippen LogP contribution in [-0.2, 0) is 6.54 Å². The Bertz CT molecular complexity index is 979. The van der Waals surface area contributed by atoms with Gasteiger partial charge in [-0.2, -0.15) is 0 Å². The summed E-state index contributed by atoms with van der Waals surface area (Å²) in [6.07, 6.45) is 0. The summed E-state index contributed by atoms with van der Waals surface area (Å²) in [4.78, 5) is 23.9. The molecule has 1 heterocycles. The van der Waals surface area contributed by atoms with E-state index >= 15 is 0 Å². The van der Waals surface area contributed by atoms with E-state index in [1.165, 1.54) is 5.69 Å². The van der Waals surface area contributed by atoms with Gasteiger partial charge in [-0.1, -0.05) is 18.2 Å². The van der Waals surface area contributed by atoms with Crippen molar-refractivity contribution < 1.29 is 0 Å². The predicted octanol–water partition coefficient (Wildman–Crippen LogP) is 2.03. The van der Waals surface area contributed by atoms with Crippen LogP contribution >= 0.6 is 0 Å². The number of H-pyrrole nitrogens is 2. The molecule has 1 aromatic heterocycles. The third-order valence-corrected chi connectivity index (χ3v) is 4.02. The second-order valence-electron chi connectivity index (χ2n) is 6.67. The standard InChI is InChI=1S/C18H20N4O2/c1-22(2,3)13-9-7-12(8-10-13)11-19-15-6-4-5-14-16(15)18(24)21-20-17(14)23/h4-10H,11H2,1-3H3,(H2-,19,20,21,23,24)/p+1. The molecule has 0 fully saturated rings. The second kappa shape index (κ2) is 5.98. The molecule has 3 N–H and O–H groups in total. The van der Waals surface area contributed by atoms with Crippen LogP contribution in [0.1, 0.15) is 5.56 Å². The monoisotopic (exact) mass is 325 g/mol. The van der Waals surface area contributed by atoms with Gasteiger partial charge in [0.2, 0.25) is 0 Å². The average Bonchev–Trinajstić information content (AvgIpc) is 2.56. The molecule has 0 amide bonds. The number of nitrogens with zero attached hydrogens (tertiary/aromatic N) is 1. The smallest absolute Gasteiger partial charge is 0.272 e. The fraction of sp³-hybridized carbons (Fsp3) is 0.222. The Labute approximate surface area is 139 Å². The fourth-order valence-corrected chi connectivity index (χ4v) is 2.64. The minimum atomic E-state index is -0.312. The number of rotatable bonds is 4. The average molecular weight is 325 g/mol. The van der Waals surface area contributed by atoms with Crippen LogP contribution in [0.25, 0.3) is 10.8 Å². The lowest BCUT2D eigenvalue weighted by Gasteiger charge is -2.23. The lowest BCUT2D eigenvalue weighted by Crippen LogP contribution is -2.34. The number of aromatic nitrogens is 2. The highest BCUT2D eigenvalue weighted by Gasteiger charge is 2.11. The number of fused-ring (bicyclic) bond motifs is 1. The number of quaternary nitrogens is 1. The van der Waals surface area contributed by atoms with Crippen molar-refractivity contribution in [3.8, 4) is 0 Å². The molecule has 124 valence electrons. The lowest BCUT2D eigenvalue weighted by atomic mass is 10.1. The maximum atomic E-state index is 12.1. The van der Waals surface area contributed by atoms with Gasteiger partial charge in [0.25, 0.3) is 11.1 Å². The Morgan fingerprint density at radius 1 is 0.917 bits per heavy atom. The van der Waals surface area contributed by atoms with E-state index < -0.39 is 0 Å². The van der Waals surface area contributed by atoms with Crippen LogP contribution in [0.2, 0.25) is 0 Å². The summed E-state index contributed by atoms with van der Waals surface area (Å²) >= 11 is 0. The van der Waals surface area contributed by atoms with Crippen LogP contribution < -0.4 is 20.9 Å². The summed E-state index contributed by atoms with van der Waals surface area (Å²) < 4.78 is 0.759. The first-order valence-electron chi connectivity index (χ1n) is 7.75. The highest BCUT2D eigenvalue weighted by molar-refractivity contribution is 5.92. The normalized spacial score (nSPS) is 11.6. The van der Waals surface area contributed by atoms with Crippen molar-refractivity contribution in [3.05, 3.63) is 68.7 Å². The van der Waals surface area contributed by atoms with Crippen molar-refractivity contribution in [3.63, 3.8) is 0 Å². The molecule has 3 rings (SSSR count). The van der Waals surface area contributed by atoms with Gasteiger partial charge in [0.1, 0.15) is 5.69 Å². The first-order valence-corrected chi connectivity index (χ1v) is 7.75. The van der Waals surface area contributed by atoms with Gasteiger partial charge in [-0.3, -0.25) is 24.3 Å². The minimum Gasteiger partial charge on any atom is -0.380 e. The molecule has 0 unspecified atom stereocenters. The van der Waals surface area contributed by atoms with Crippen LogP contribution in [0.4, 0.5) is 11.4 Å². The van der Waals surface area contributed by atoms with Crippen LogP contribution in [0.15, 0.2) is 52.1 Å². The maximum Gasteiger partial charge on any atom is 0.272 e. The Hall–Kier alpha value is -2.86. The van der Waals surface area contributed by atoms with Crippen LogP contribution in [0.5, 0.6) is 0 Å². The maximum absolute atomic E-state index is 12.1. The van der Waals surface area contributed by atoms with Gasteiger partial charge in [-0.05, 0) is 29.8 Å². The fourth-order valence-electron chi connectivity index (χ4n) is 2.64. The molecule has 2 aromatic carbocycles. The highest BCUT2D eigenvalue weighted by Crippen LogP contribution is 2.20. The molecule has 0 radical (unpaired) electrons. The molecule has 6 heteroatoms. The number of hydrogen-bond acceptors (Lipinski definition) is 3. The van der Waals surface area contributed by atoms with Gasteiger partial charge in [0.05, 0.1) is 31.9 Å². The molecule has 6 nitrogen and oxygen atoms in total. The van der Waals surface area contributed by atoms with Crippen LogP contribution in [-0.4, -0.2) is 31.3 Å². The second-order valence-corrected chi connectivity index (χ2v) is 6.67. The van der Waals surface area contributed by atoms with Gasteiger partial charge in [0, 0.05) is 12.2 Å². The van der Waals surface area contributed by atoms with Gasteiger partial charge in [-0.15, -0.1) is 0 Å². The SMILES string of the molecule is C[N+](C)(C)c1ccc(CNc2cccc3c(=O)[nH][nH]c(=O)c23)cc1. The molecule has 24 heavy (non-hydrogen) atoms. The van der Waals surface area contributed by atoms with Crippen LogP contribution in [0, 0.1) is 0 Å². The Morgan fingerprint density at radius 3 is 2.25 bits per heavy atom. The molecule has 0 bridgehead atoms. The van der Waals surface area contributed by atoms with Gasteiger partial charge in [-0.25, -0.2) is 0 Å². The quantitative estimate of drug-likeness (QED) is 0.642. The highest BCUT2D eigenvalue weighted by atomic mass is 16.1. The van der Waals surface area contributed by atoms with E-state index in [1.54, 1.807) is 18.2 Å². The van der Waals surface area contributed by atoms with Crippen molar-refractivity contribution in [2.75, 3.05) is 26.5 Å². The van der Waals surface area contributed by atoms with Crippen molar-refractivity contribution in [2.24, 2.45) is 0 Å². The Balaban J connectivity index is 1.88. The van der Waals surface area contributed by atoms with E-state index in [1.807, 2.05) is 0 Å². The van der Waals surface area contributed by atoms with E-state index in [0.717, 1.165) is 10.0 Å². The molecule has 0 atom stereocenters. The third kappa shape index (κ3) is 3.09. The summed E-state index contributed by atoms with van der Waals surface area (Å²) in [5.74, 6) is 0. The molecule has 0 spiro atoms. The number of nitrogens with one attached hydrogen (secondary N) is 3. The van der Waals surface area contributed by atoms with Crippen molar-refractivity contribution in [1.29, 1.82) is 0 Å². The largest absolute Gasteiger partial charge is 0.380 e. The van der Waals surface area contributed by atoms with E-state index in [2.05, 4.69) is 60.9 Å². The lowest BCUT2D eigenvalue weighted by molar-refractivity contribution is 0.486. The van der Waals surface area contributed by atoms with Crippen LogP contribution in [0.3, 0.4) is 0 Å². The Morgan fingerprint density at radius 2 is 1.58 bits per heavy atom. The number of benzene rings is 2. The first kappa shape index (κ1) is 16.0. The molecule has 0 aliphatic rings. The summed E-state index contributed by atoms with van der Waals surface area (Å²) in [6, 6.07) is 13.5. The zero-order chi connectivity index (χ0) is 17.3. The molecule has 0 aliphatic heterocycles. The zero-order valence-electron chi connectivity index (χ0n) is 14.0. The summed E-state index contributed by atoms with van der Waals surface area (Å²) in [6.45, 7) is 0.572. The van der Waals surface area contributed by atoms with E-state index in [9.17, 15) is 9.59 Å². The summed E-state index contributed by atoms with van der Waals surface area (Å²) in [5, 5.41) is 8.72. The van der Waals surface area contributed by atoms with E-state index in [0.29, 0.717) is 23.0 Å². The number of aromatic amines is 2. The van der Waals surface area contributed by atoms with Gasteiger partial charge in [0.15, 0.2) is 0 Å². The molecule has 0 aliphatic carbocycles. The number of hydrogen-bond donors (Lipinski definition) is 3.